The normalized spacial score (nSPS) is 22.8. The van der Waals surface area contributed by atoms with Crippen LogP contribution in [0.1, 0.15) is 38.9 Å². The highest BCUT2D eigenvalue weighted by Gasteiger charge is 2.29. The summed E-state index contributed by atoms with van der Waals surface area (Å²) in [6, 6.07) is 4.43. The van der Waals surface area contributed by atoms with E-state index in [1.54, 1.807) is 6.26 Å². The summed E-state index contributed by atoms with van der Waals surface area (Å²) in [4.78, 5) is 17.2. The van der Waals surface area contributed by atoms with Gasteiger partial charge in [0.05, 0.1) is 31.8 Å². The number of anilines is 1. The molecule has 1 amide bonds. The largest absolute Gasteiger partial charge is 0.467 e. The number of likely N-dealkylation sites (tertiary alicyclic amines) is 1. The summed E-state index contributed by atoms with van der Waals surface area (Å²) in [7, 11) is 0. The van der Waals surface area contributed by atoms with Gasteiger partial charge in [-0.25, -0.2) is 0 Å². The number of furan rings is 1. The van der Waals surface area contributed by atoms with Crippen molar-refractivity contribution in [2.45, 2.75) is 56.9 Å². The van der Waals surface area contributed by atoms with Crippen LogP contribution in [-0.2, 0) is 16.1 Å². The van der Waals surface area contributed by atoms with Crippen LogP contribution >= 0.6 is 11.8 Å². The molecule has 158 valence electrons. The maximum absolute atomic E-state index is 12.9. The number of hydrogen-bond acceptors (Lipinski definition) is 7. The zero-order chi connectivity index (χ0) is 20.2. The van der Waals surface area contributed by atoms with Crippen molar-refractivity contribution in [3.8, 4) is 0 Å². The summed E-state index contributed by atoms with van der Waals surface area (Å²) in [6.45, 7) is 7.76. The fourth-order valence-corrected chi connectivity index (χ4v) is 5.00. The maximum Gasteiger partial charge on any atom is 0.233 e. The molecule has 0 aliphatic carbocycles. The van der Waals surface area contributed by atoms with Gasteiger partial charge in [0.15, 0.2) is 5.16 Å². The Morgan fingerprint density at radius 1 is 1.21 bits per heavy atom. The molecule has 29 heavy (non-hydrogen) atoms. The second-order valence-electron chi connectivity index (χ2n) is 7.77. The van der Waals surface area contributed by atoms with E-state index in [0.717, 1.165) is 42.8 Å². The van der Waals surface area contributed by atoms with Crippen LogP contribution in [0.2, 0.25) is 0 Å². The zero-order valence-corrected chi connectivity index (χ0v) is 17.9. The molecule has 2 saturated heterocycles. The molecule has 2 aliphatic heterocycles. The minimum Gasteiger partial charge on any atom is -0.467 e. The Balaban J connectivity index is 1.50. The number of rotatable bonds is 6. The Hall–Kier alpha value is -2.00. The van der Waals surface area contributed by atoms with E-state index in [1.807, 2.05) is 21.6 Å². The molecule has 9 heteroatoms. The van der Waals surface area contributed by atoms with Gasteiger partial charge < -0.3 is 19.0 Å². The monoisotopic (exact) mass is 419 g/mol. The van der Waals surface area contributed by atoms with E-state index in [-0.39, 0.29) is 5.91 Å². The molecular weight excluding hydrogens is 390 g/mol. The molecule has 4 heterocycles. The fraction of sp³-hybridized carbons (Fsp3) is 0.650. The Morgan fingerprint density at radius 3 is 2.66 bits per heavy atom. The number of piperidine rings is 1. The van der Waals surface area contributed by atoms with Crippen LogP contribution < -0.4 is 4.90 Å². The number of amides is 1. The second-order valence-corrected chi connectivity index (χ2v) is 8.71. The van der Waals surface area contributed by atoms with Gasteiger partial charge in [-0.2, -0.15) is 0 Å². The van der Waals surface area contributed by atoms with Crippen LogP contribution in [0.15, 0.2) is 28.0 Å². The number of morpholine rings is 1. The molecule has 0 saturated carbocycles. The van der Waals surface area contributed by atoms with Gasteiger partial charge in [0, 0.05) is 25.2 Å². The molecule has 0 bridgehead atoms. The summed E-state index contributed by atoms with van der Waals surface area (Å²) in [5, 5.41) is 9.59. The lowest BCUT2D eigenvalue weighted by atomic mass is 9.98. The van der Waals surface area contributed by atoms with Crippen LogP contribution in [0.4, 0.5) is 5.95 Å². The first-order chi connectivity index (χ1) is 14.1. The fourth-order valence-electron chi connectivity index (χ4n) is 4.20. The quantitative estimate of drug-likeness (QED) is 0.666. The number of ether oxygens (including phenoxy) is 1. The molecule has 2 fully saturated rings. The van der Waals surface area contributed by atoms with Gasteiger partial charge in [-0.1, -0.05) is 11.8 Å². The van der Waals surface area contributed by atoms with Crippen molar-refractivity contribution in [3.05, 3.63) is 24.2 Å². The highest BCUT2D eigenvalue weighted by molar-refractivity contribution is 7.99. The van der Waals surface area contributed by atoms with Crippen LogP contribution in [0, 0.1) is 0 Å². The predicted molar refractivity (Wildman–Crippen MR) is 111 cm³/mol. The highest BCUT2D eigenvalue weighted by atomic mass is 32.2. The number of hydrogen-bond donors (Lipinski definition) is 0. The van der Waals surface area contributed by atoms with Gasteiger partial charge in [0.1, 0.15) is 5.76 Å². The minimum atomic E-state index is 0.176. The van der Waals surface area contributed by atoms with Gasteiger partial charge in [-0.05, 0) is 45.2 Å². The molecule has 0 unspecified atom stereocenters. The van der Waals surface area contributed by atoms with Crippen molar-refractivity contribution in [2.24, 2.45) is 0 Å². The molecule has 0 radical (unpaired) electrons. The van der Waals surface area contributed by atoms with Crippen LogP contribution in [0.25, 0.3) is 0 Å². The van der Waals surface area contributed by atoms with Crippen molar-refractivity contribution in [1.82, 2.24) is 19.7 Å². The minimum absolute atomic E-state index is 0.176. The van der Waals surface area contributed by atoms with E-state index in [1.165, 1.54) is 18.2 Å². The first-order valence-corrected chi connectivity index (χ1v) is 11.3. The first-order valence-electron chi connectivity index (χ1n) is 10.4. The van der Waals surface area contributed by atoms with Crippen molar-refractivity contribution >= 4 is 23.6 Å². The number of nitrogens with zero attached hydrogens (tertiary/aromatic N) is 5. The van der Waals surface area contributed by atoms with Gasteiger partial charge in [-0.15, -0.1) is 10.2 Å². The maximum atomic E-state index is 12.9. The number of carbonyl (C=O) groups is 1. The molecule has 4 rings (SSSR count). The smallest absolute Gasteiger partial charge is 0.233 e. The zero-order valence-electron chi connectivity index (χ0n) is 17.1. The lowest BCUT2D eigenvalue weighted by Gasteiger charge is -2.39. The van der Waals surface area contributed by atoms with Crippen LogP contribution in [-0.4, -0.2) is 69.7 Å². The Bertz CT molecular complexity index is 793. The lowest BCUT2D eigenvalue weighted by molar-refractivity contribution is -0.134. The third-order valence-corrected chi connectivity index (χ3v) is 6.64. The third-order valence-electron chi connectivity index (χ3n) is 5.69. The van der Waals surface area contributed by atoms with Gasteiger partial charge >= 0.3 is 0 Å². The van der Waals surface area contributed by atoms with E-state index in [0.29, 0.717) is 37.6 Å². The molecule has 2 atom stereocenters. The van der Waals surface area contributed by atoms with E-state index < -0.39 is 0 Å². The highest BCUT2D eigenvalue weighted by Crippen LogP contribution is 2.27. The molecule has 8 nitrogen and oxygen atoms in total. The van der Waals surface area contributed by atoms with E-state index in [2.05, 4.69) is 28.9 Å². The topological polar surface area (TPSA) is 76.6 Å². The second kappa shape index (κ2) is 9.21. The summed E-state index contributed by atoms with van der Waals surface area (Å²) in [6.07, 6.45) is 5.02. The van der Waals surface area contributed by atoms with Gasteiger partial charge in [0.2, 0.25) is 11.9 Å². The molecule has 2 aromatic rings. The Morgan fingerprint density at radius 2 is 1.97 bits per heavy atom. The van der Waals surface area contributed by atoms with Gasteiger partial charge in [-0.3, -0.25) is 9.36 Å². The summed E-state index contributed by atoms with van der Waals surface area (Å²) in [5.74, 6) is 2.19. The summed E-state index contributed by atoms with van der Waals surface area (Å²) in [5.41, 5.74) is 0. The molecular formula is C20H29N5O3S. The molecule has 2 aromatic heterocycles. The van der Waals surface area contributed by atoms with Crippen molar-refractivity contribution in [2.75, 3.05) is 37.0 Å². The number of thioether (sulfide) groups is 1. The Labute approximate surface area is 175 Å². The predicted octanol–water partition coefficient (Wildman–Crippen LogP) is 2.64. The number of aromatic nitrogens is 3. The van der Waals surface area contributed by atoms with E-state index in [4.69, 9.17) is 9.15 Å². The SMILES string of the molecule is C[C@@H]1CCC[C@@H](C)N1C(=O)CSc1nnc(N2CCOCC2)n1Cc1ccco1. The van der Waals surface area contributed by atoms with Crippen molar-refractivity contribution < 1.29 is 13.9 Å². The number of carbonyl (C=O) groups excluding carboxylic acids is 1. The Kier molecular flexibility index (Phi) is 6.44. The van der Waals surface area contributed by atoms with Gasteiger partial charge in [0.25, 0.3) is 0 Å². The first kappa shape index (κ1) is 20.3. The molecule has 2 aliphatic rings. The van der Waals surface area contributed by atoms with E-state index in [9.17, 15) is 4.79 Å². The molecule has 0 N–H and O–H groups in total. The van der Waals surface area contributed by atoms with E-state index >= 15 is 0 Å². The van der Waals surface area contributed by atoms with Crippen LogP contribution in [0.3, 0.4) is 0 Å². The average Bonchev–Trinajstić information content (AvgIpc) is 3.37. The van der Waals surface area contributed by atoms with Crippen LogP contribution in [0.5, 0.6) is 0 Å². The van der Waals surface area contributed by atoms with Crippen molar-refractivity contribution in [1.29, 1.82) is 0 Å². The third kappa shape index (κ3) is 4.61. The molecule has 0 aromatic carbocycles. The summed E-state index contributed by atoms with van der Waals surface area (Å²) < 4.78 is 13.1. The average molecular weight is 420 g/mol. The standard InChI is InChI=1S/C20H29N5O3S/c1-15-5-3-6-16(2)25(15)18(26)14-29-20-22-21-19(23-8-11-27-12-9-23)24(20)13-17-7-4-10-28-17/h4,7,10,15-16H,3,5-6,8-9,11-14H2,1-2H3/t15-,16-/m1/s1. The molecule has 0 spiro atoms. The van der Waals surface area contributed by atoms with Crippen molar-refractivity contribution in [3.63, 3.8) is 0 Å². The summed E-state index contributed by atoms with van der Waals surface area (Å²) >= 11 is 1.46. The lowest BCUT2D eigenvalue weighted by Crippen LogP contribution is -2.48.